The van der Waals surface area contributed by atoms with Crippen molar-refractivity contribution in [3.8, 4) is 0 Å². The Bertz CT molecular complexity index is 566. The second kappa shape index (κ2) is 5.76. The molecule has 0 radical (unpaired) electrons. The second-order valence-electron chi connectivity index (χ2n) is 5.76. The average molecular weight is 330 g/mol. The molecule has 1 aromatic rings. The Morgan fingerprint density at radius 1 is 1.33 bits per heavy atom. The average Bonchev–Trinajstić information content (AvgIpc) is 2.76. The second-order valence-corrected chi connectivity index (χ2v) is 6.57. The third kappa shape index (κ3) is 2.66. The van der Waals surface area contributed by atoms with Crippen molar-refractivity contribution in [2.45, 2.75) is 36.9 Å². The number of hydrogen-bond donors (Lipinski definition) is 2. The predicted molar refractivity (Wildman–Crippen MR) is 80.7 cm³/mol. The zero-order valence-electron chi connectivity index (χ0n) is 11.6. The summed E-state index contributed by atoms with van der Waals surface area (Å²) in [4.78, 5) is 12.2. The molecule has 0 saturated carbocycles. The number of aliphatic hydroxyl groups excluding tert-OH is 1. The molecule has 2 saturated heterocycles. The zero-order chi connectivity index (χ0) is 15.1. The van der Waals surface area contributed by atoms with Crippen LogP contribution in [0, 0.1) is 5.92 Å². The highest BCUT2D eigenvalue weighted by atomic mass is 35.5. The maximum atomic E-state index is 12.2. The molecule has 0 spiro atoms. The first-order valence-electron chi connectivity index (χ1n) is 6.98. The molecule has 4 unspecified atom stereocenters. The summed E-state index contributed by atoms with van der Waals surface area (Å²) >= 11 is 12.1. The summed E-state index contributed by atoms with van der Waals surface area (Å²) in [7, 11) is 1.38. The monoisotopic (exact) mass is 329 g/mol. The lowest BCUT2D eigenvalue weighted by Gasteiger charge is -2.36. The Hall–Kier alpha value is -0.810. The van der Waals surface area contributed by atoms with Crippen molar-refractivity contribution in [2.24, 2.45) is 5.92 Å². The number of carbonyl (C=O) groups is 1. The maximum Gasteiger partial charge on any atom is 0.310 e. The Kier molecular flexibility index (Phi) is 4.14. The van der Waals surface area contributed by atoms with Crippen LogP contribution in [-0.2, 0) is 9.53 Å². The summed E-state index contributed by atoms with van der Waals surface area (Å²) < 4.78 is 4.95. The molecular formula is C15H17Cl2NO3. The van der Waals surface area contributed by atoms with Crippen molar-refractivity contribution < 1.29 is 14.6 Å². The number of piperidine rings is 1. The molecule has 0 aromatic heterocycles. The van der Waals surface area contributed by atoms with Gasteiger partial charge in [0.05, 0.1) is 29.2 Å². The van der Waals surface area contributed by atoms with Crippen LogP contribution in [0.5, 0.6) is 0 Å². The molecule has 5 atom stereocenters. The highest BCUT2D eigenvalue weighted by molar-refractivity contribution is 6.42. The summed E-state index contributed by atoms with van der Waals surface area (Å²) in [5, 5.41) is 14.5. The molecule has 2 N–H and O–H groups in total. The van der Waals surface area contributed by atoms with Crippen LogP contribution in [-0.4, -0.2) is 36.4 Å². The molecule has 2 bridgehead atoms. The quantitative estimate of drug-likeness (QED) is 0.818. The molecule has 0 amide bonds. The number of nitrogens with one attached hydrogen (secondary N) is 1. The minimum atomic E-state index is -0.521. The fourth-order valence-corrected chi connectivity index (χ4v) is 3.94. The first kappa shape index (κ1) is 15.1. The van der Waals surface area contributed by atoms with E-state index < -0.39 is 12.0 Å². The van der Waals surface area contributed by atoms with Crippen LogP contribution >= 0.6 is 23.2 Å². The van der Waals surface area contributed by atoms with E-state index in [1.54, 1.807) is 6.07 Å². The van der Waals surface area contributed by atoms with Crippen molar-refractivity contribution in [1.82, 2.24) is 5.32 Å². The SMILES string of the molecule is COC(=O)[C@H]1C(c2ccc(Cl)c(Cl)c2)CC2CC(O)C1N2. The zero-order valence-corrected chi connectivity index (χ0v) is 13.1. The highest BCUT2D eigenvalue weighted by Gasteiger charge is 2.50. The van der Waals surface area contributed by atoms with Gasteiger partial charge in [0, 0.05) is 18.0 Å². The van der Waals surface area contributed by atoms with Gasteiger partial charge in [0.2, 0.25) is 0 Å². The van der Waals surface area contributed by atoms with E-state index in [4.69, 9.17) is 27.9 Å². The van der Waals surface area contributed by atoms with Gasteiger partial charge in [-0.05, 0) is 30.5 Å². The number of ether oxygens (including phenoxy) is 1. The lowest BCUT2D eigenvalue weighted by molar-refractivity contribution is -0.149. The topological polar surface area (TPSA) is 58.6 Å². The van der Waals surface area contributed by atoms with Gasteiger partial charge in [-0.3, -0.25) is 4.79 Å². The summed E-state index contributed by atoms with van der Waals surface area (Å²) in [5.41, 5.74) is 0.963. The maximum absolute atomic E-state index is 12.2. The van der Waals surface area contributed by atoms with Crippen LogP contribution in [0.2, 0.25) is 10.0 Å². The lowest BCUT2D eigenvalue weighted by Crippen LogP contribution is -2.50. The standard InChI is InChI=1S/C15H17Cl2NO3/c1-21-15(20)13-9(5-8-6-12(19)14(13)18-8)7-2-3-10(16)11(17)4-7/h2-4,8-9,12-14,18-19H,5-6H2,1H3/t8?,9?,12?,13-,14?/m0/s1. The van der Waals surface area contributed by atoms with Crippen LogP contribution in [0.25, 0.3) is 0 Å². The van der Waals surface area contributed by atoms with Gasteiger partial charge < -0.3 is 15.2 Å². The minimum absolute atomic E-state index is 0.0272. The van der Waals surface area contributed by atoms with E-state index in [-0.39, 0.29) is 24.0 Å². The Labute approximate surface area is 133 Å². The van der Waals surface area contributed by atoms with Gasteiger partial charge in [0.15, 0.2) is 0 Å². The van der Waals surface area contributed by atoms with E-state index in [0.717, 1.165) is 12.0 Å². The molecule has 3 rings (SSSR count). The number of carbonyl (C=O) groups excluding carboxylic acids is 1. The van der Waals surface area contributed by atoms with Crippen LogP contribution in [0.4, 0.5) is 0 Å². The summed E-state index contributed by atoms with van der Waals surface area (Å²) in [5.74, 6) is -0.746. The molecule has 1 aromatic carbocycles. The number of hydrogen-bond acceptors (Lipinski definition) is 4. The van der Waals surface area contributed by atoms with Crippen molar-refractivity contribution >= 4 is 29.2 Å². The van der Waals surface area contributed by atoms with Gasteiger partial charge in [-0.1, -0.05) is 29.3 Å². The van der Waals surface area contributed by atoms with Crippen LogP contribution in [0.3, 0.4) is 0 Å². The van der Waals surface area contributed by atoms with Crippen LogP contribution < -0.4 is 5.32 Å². The molecule has 6 heteroatoms. The predicted octanol–water partition coefficient (Wildman–Crippen LogP) is 2.36. The Balaban J connectivity index is 1.98. The third-order valence-corrected chi connectivity index (χ3v) is 5.31. The Morgan fingerprint density at radius 2 is 2.10 bits per heavy atom. The van der Waals surface area contributed by atoms with Crippen molar-refractivity contribution in [3.63, 3.8) is 0 Å². The summed E-state index contributed by atoms with van der Waals surface area (Å²) in [6.45, 7) is 0. The smallest absolute Gasteiger partial charge is 0.310 e. The molecule has 2 fully saturated rings. The van der Waals surface area contributed by atoms with Gasteiger partial charge in [-0.25, -0.2) is 0 Å². The molecule has 21 heavy (non-hydrogen) atoms. The van der Waals surface area contributed by atoms with Crippen LogP contribution in [0.15, 0.2) is 18.2 Å². The van der Waals surface area contributed by atoms with E-state index in [9.17, 15) is 9.90 Å². The fraction of sp³-hybridized carbons (Fsp3) is 0.533. The van der Waals surface area contributed by atoms with E-state index in [2.05, 4.69) is 5.32 Å². The molecular weight excluding hydrogens is 313 g/mol. The number of methoxy groups -OCH3 is 1. The van der Waals surface area contributed by atoms with Gasteiger partial charge in [-0.2, -0.15) is 0 Å². The van der Waals surface area contributed by atoms with E-state index in [1.807, 2.05) is 12.1 Å². The number of benzene rings is 1. The van der Waals surface area contributed by atoms with Crippen molar-refractivity contribution in [3.05, 3.63) is 33.8 Å². The van der Waals surface area contributed by atoms with Crippen LogP contribution in [0.1, 0.15) is 24.3 Å². The number of rotatable bonds is 2. The van der Waals surface area contributed by atoms with Gasteiger partial charge in [0.25, 0.3) is 0 Å². The third-order valence-electron chi connectivity index (χ3n) is 4.57. The molecule has 0 aliphatic carbocycles. The lowest BCUT2D eigenvalue weighted by atomic mass is 9.77. The minimum Gasteiger partial charge on any atom is -0.469 e. The highest BCUT2D eigenvalue weighted by Crippen LogP contribution is 2.43. The van der Waals surface area contributed by atoms with Gasteiger partial charge >= 0.3 is 5.97 Å². The number of esters is 1. The molecule has 2 aliphatic rings. The molecule has 4 nitrogen and oxygen atoms in total. The first-order chi connectivity index (χ1) is 10.0. The van der Waals surface area contributed by atoms with Gasteiger partial charge in [-0.15, -0.1) is 0 Å². The molecule has 2 heterocycles. The first-order valence-corrected chi connectivity index (χ1v) is 7.73. The van der Waals surface area contributed by atoms with Crippen molar-refractivity contribution in [1.29, 1.82) is 0 Å². The summed E-state index contributed by atoms with van der Waals surface area (Å²) in [6.07, 6.45) is 0.910. The van der Waals surface area contributed by atoms with Gasteiger partial charge in [0.1, 0.15) is 0 Å². The van der Waals surface area contributed by atoms with E-state index in [1.165, 1.54) is 7.11 Å². The Morgan fingerprint density at radius 3 is 2.76 bits per heavy atom. The number of halogens is 2. The number of fused-ring (bicyclic) bond motifs is 2. The van der Waals surface area contributed by atoms with Crippen molar-refractivity contribution in [2.75, 3.05) is 7.11 Å². The number of aliphatic hydroxyl groups is 1. The van der Waals surface area contributed by atoms with E-state index in [0.29, 0.717) is 16.5 Å². The fourth-order valence-electron chi connectivity index (χ4n) is 3.63. The summed E-state index contributed by atoms with van der Waals surface area (Å²) in [6, 6.07) is 5.39. The largest absolute Gasteiger partial charge is 0.469 e. The van der Waals surface area contributed by atoms with E-state index >= 15 is 0 Å². The molecule has 114 valence electrons. The normalized spacial score (nSPS) is 34.8. The molecule has 2 aliphatic heterocycles.